The van der Waals surface area contributed by atoms with Crippen LogP contribution in [0.3, 0.4) is 0 Å². The van der Waals surface area contributed by atoms with Gasteiger partial charge >= 0.3 is 305 Å². The summed E-state index contributed by atoms with van der Waals surface area (Å²) in [6.07, 6.45) is 0. The first kappa shape index (κ1) is 29.8. The van der Waals surface area contributed by atoms with Crippen LogP contribution in [0, 0.1) is 0 Å². The fourth-order valence-electron chi connectivity index (χ4n) is 7.73. The van der Waals surface area contributed by atoms with Crippen molar-refractivity contribution >= 4 is 90.3 Å². The van der Waals surface area contributed by atoms with Crippen LogP contribution in [-0.2, 0) is 0 Å². The molecular weight excluding hydrogens is 684 g/mol. The molecule has 0 aromatic heterocycles. The summed E-state index contributed by atoms with van der Waals surface area (Å²) in [4.78, 5) is 4.86. The number of benzene rings is 9. The van der Waals surface area contributed by atoms with Gasteiger partial charge in [-0.15, -0.1) is 0 Å². The van der Waals surface area contributed by atoms with Crippen LogP contribution in [0.15, 0.2) is 194 Å². The van der Waals surface area contributed by atoms with Gasteiger partial charge in [0.25, 0.3) is 0 Å². The first-order valence-corrected chi connectivity index (χ1v) is 19.1. The van der Waals surface area contributed by atoms with E-state index in [1.807, 2.05) is 0 Å². The summed E-state index contributed by atoms with van der Waals surface area (Å²) < 4.78 is 2.83. The van der Waals surface area contributed by atoms with Crippen LogP contribution in [-0.4, -0.2) is 15.0 Å². The van der Waals surface area contributed by atoms with Gasteiger partial charge in [-0.05, 0) is 0 Å². The Morgan fingerprint density at radius 2 is 0.824 bits per heavy atom. The van der Waals surface area contributed by atoms with Gasteiger partial charge in [0.15, 0.2) is 0 Å². The van der Waals surface area contributed by atoms with E-state index < -0.39 is 0 Å². The molecule has 1 aliphatic rings. The zero-order valence-electron chi connectivity index (χ0n) is 27.8. The van der Waals surface area contributed by atoms with Gasteiger partial charge in [-0.3, -0.25) is 0 Å². The van der Waals surface area contributed by atoms with E-state index in [9.17, 15) is 0 Å². The van der Waals surface area contributed by atoms with Crippen molar-refractivity contribution in [2.75, 3.05) is 9.80 Å². The van der Waals surface area contributed by atoms with Crippen molar-refractivity contribution < 1.29 is 0 Å². The average molecular weight is 716 g/mol. The van der Waals surface area contributed by atoms with Crippen molar-refractivity contribution in [1.29, 1.82) is 0 Å². The van der Waals surface area contributed by atoms with Gasteiger partial charge in [0.2, 0.25) is 0 Å². The summed E-state index contributed by atoms with van der Waals surface area (Å²) in [5.74, 6) is 0. The van der Waals surface area contributed by atoms with E-state index in [-0.39, 0.29) is 15.0 Å². The van der Waals surface area contributed by atoms with Crippen LogP contribution in [0.25, 0.3) is 43.4 Å². The molecule has 1 aliphatic heterocycles. The molecule has 240 valence electrons. The number of para-hydroxylation sites is 2. The van der Waals surface area contributed by atoms with E-state index >= 15 is 0 Å². The monoisotopic (exact) mass is 716 g/mol. The average Bonchev–Trinajstić information content (AvgIpc) is 3.20. The molecule has 0 saturated heterocycles. The first-order chi connectivity index (χ1) is 25.3. The third-order valence-corrected chi connectivity index (χ3v) is 12.3. The van der Waals surface area contributed by atoms with Crippen molar-refractivity contribution in [1.82, 2.24) is 0 Å². The minimum absolute atomic E-state index is 0.120. The Bertz CT molecular complexity index is 2730. The Labute approximate surface area is 304 Å². The van der Waals surface area contributed by atoms with E-state index in [1.54, 1.807) is 0 Å². The summed E-state index contributed by atoms with van der Waals surface area (Å²) in [5.41, 5.74) is 9.67. The Morgan fingerprint density at radius 1 is 0.314 bits per heavy atom. The Hall–Kier alpha value is -6.12. The molecule has 1 heterocycles. The van der Waals surface area contributed by atoms with E-state index in [4.69, 9.17) is 0 Å². The molecule has 0 atom stereocenters. The van der Waals surface area contributed by atoms with Crippen LogP contribution in [0.1, 0.15) is 0 Å². The number of nitrogens with zero attached hydrogens (tertiary/aromatic N) is 2. The molecular formula is C48H32N2Se. The second kappa shape index (κ2) is 12.3. The zero-order valence-corrected chi connectivity index (χ0v) is 29.5. The molecule has 9 aromatic rings. The summed E-state index contributed by atoms with van der Waals surface area (Å²) >= 11 is 0.120. The molecule has 0 aliphatic carbocycles. The third-order valence-electron chi connectivity index (χ3n) is 10.00. The predicted octanol–water partition coefficient (Wildman–Crippen LogP) is 11.7. The van der Waals surface area contributed by atoms with Gasteiger partial charge in [0.1, 0.15) is 0 Å². The molecule has 9 aromatic carbocycles. The molecule has 51 heavy (non-hydrogen) atoms. The molecule has 3 heteroatoms. The van der Waals surface area contributed by atoms with Crippen molar-refractivity contribution in [3.8, 4) is 11.1 Å². The second-order valence-corrected chi connectivity index (χ2v) is 15.2. The normalized spacial score (nSPS) is 11.8. The van der Waals surface area contributed by atoms with Crippen molar-refractivity contribution in [3.05, 3.63) is 194 Å². The van der Waals surface area contributed by atoms with Gasteiger partial charge in [-0.2, -0.15) is 0 Å². The van der Waals surface area contributed by atoms with Crippen molar-refractivity contribution in [2.45, 2.75) is 0 Å². The molecule has 2 nitrogen and oxygen atoms in total. The maximum absolute atomic E-state index is 2.44. The van der Waals surface area contributed by atoms with Crippen LogP contribution < -0.4 is 18.7 Å². The van der Waals surface area contributed by atoms with Gasteiger partial charge in [0.05, 0.1) is 0 Å². The molecule has 0 amide bonds. The molecule has 0 saturated carbocycles. The maximum atomic E-state index is 2.44. The first-order valence-electron chi connectivity index (χ1n) is 17.4. The summed E-state index contributed by atoms with van der Waals surface area (Å²) in [6, 6.07) is 70.8. The fourth-order valence-corrected chi connectivity index (χ4v) is 10.2. The zero-order chi connectivity index (χ0) is 33.7. The number of fused-ring (bicyclic) bond motifs is 4. The standard InChI is InChI=1S/C48H32N2Se/c1-3-18-35(19-4-1)49(43-25-11-16-33-14-7-9-22-38(33)43)37-28-29-40-41-30-31-45(42-24-13-27-46(48(41)42)51-47(40)32-37)50(36-20-5-2-6-21-36)44-26-12-17-34-15-8-10-23-39(34)44/h1-32H. The topological polar surface area (TPSA) is 6.48 Å². The number of rotatable bonds is 6. The molecule has 0 spiro atoms. The van der Waals surface area contributed by atoms with Crippen LogP contribution in [0.4, 0.5) is 34.1 Å². The molecule has 0 N–H and O–H groups in total. The minimum atomic E-state index is 0.120. The number of anilines is 6. The SMILES string of the molecule is c1ccc(N(c2ccc3c(c2)[Se]c2cccc4c(N(c5ccccc5)c5cccc6ccccc56)ccc-3c24)c2cccc3ccccc23)cc1. The molecule has 0 radical (unpaired) electrons. The molecule has 0 bridgehead atoms. The van der Waals surface area contributed by atoms with E-state index in [1.165, 1.54) is 75.1 Å². The van der Waals surface area contributed by atoms with Gasteiger partial charge in [-0.1, -0.05) is 0 Å². The van der Waals surface area contributed by atoms with Gasteiger partial charge in [0, 0.05) is 0 Å². The number of hydrogen-bond acceptors (Lipinski definition) is 2. The Morgan fingerprint density at radius 3 is 1.51 bits per heavy atom. The van der Waals surface area contributed by atoms with E-state index in [2.05, 4.69) is 204 Å². The van der Waals surface area contributed by atoms with Crippen molar-refractivity contribution in [3.63, 3.8) is 0 Å². The van der Waals surface area contributed by atoms with E-state index in [0.717, 1.165) is 11.4 Å². The quantitative estimate of drug-likeness (QED) is 0.158. The molecule has 10 rings (SSSR count). The van der Waals surface area contributed by atoms with Gasteiger partial charge < -0.3 is 0 Å². The molecule has 0 fully saturated rings. The Kier molecular flexibility index (Phi) is 7.20. The summed E-state index contributed by atoms with van der Waals surface area (Å²) in [6.45, 7) is 0. The third kappa shape index (κ3) is 5.01. The van der Waals surface area contributed by atoms with Crippen LogP contribution >= 0.6 is 0 Å². The summed E-state index contributed by atoms with van der Waals surface area (Å²) in [5, 5.41) is 7.59. The fraction of sp³-hybridized carbons (Fsp3) is 0. The van der Waals surface area contributed by atoms with E-state index in [0.29, 0.717) is 0 Å². The predicted molar refractivity (Wildman–Crippen MR) is 219 cm³/mol. The van der Waals surface area contributed by atoms with Crippen molar-refractivity contribution in [2.24, 2.45) is 0 Å². The second-order valence-electron chi connectivity index (χ2n) is 12.9. The van der Waals surface area contributed by atoms with Crippen LogP contribution in [0.2, 0.25) is 0 Å². The Balaban J connectivity index is 1.15. The molecule has 0 unspecified atom stereocenters. The van der Waals surface area contributed by atoms with Gasteiger partial charge in [-0.25, -0.2) is 0 Å². The van der Waals surface area contributed by atoms with Crippen LogP contribution in [0.5, 0.6) is 0 Å². The number of hydrogen-bond donors (Lipinski definition) is 0. The summed E-state index contributed by atoms with van der Waals surface area (Å²) in [7, 11) is 0.